The van der Waals surface area contributed by atoms with Crippen molar-refractivity contribution in [3.05, 3.63) is 81.9 Å². The molecule has 3 aromatic carbocycles. The van der Waals surface area contributed by atoms with E-state index < -0.39 is 0 Å². The second-order valence-electron chi connectivity index (χ2n) is 5.40. The molecule has 0 bridgehead atoms. The first-order valence-electron chi connectivity index (χ1n) is 6.96. The van der Waals surface area contributed by atoms with Gasteiger partial charge in [0.25, 0.3) is 0 Å². The summed E-state index contributed by atoms with van der Waals surface area (Å²) in [5.41, 5.74) is 5.14. The maximum Gasteiger partial charge on any atom is 0.0653 e. The van der Waals surface area contributed by atoms with Crippen molar-refractivity contribution in [3.63, 3.8) is 0 Å². The van der Waals surface area contributed by atoms with Crippen molar-refractivity contribution in [1.29, 1.82) is 0 Å². The average molecular weight is 360 g/mol. The summed E-state index contributed by atoms with van der Waals surface area (Å²) in [6.07, 6.45) is 0. The van der Waals surface area contributed by atoms with E-state index in [1.54, 1.807) is 0 Å². The maximum atomic E-state index is 6.32. The van der Waals surface area contributed by atoms with E-state index in [0.29, 0.717) is 0 Å². The Kier molecular flexibility index (Phi) is 4.05. The van der Waals surface area contributed by atoms with Gasteiger partial charge < -0.3 is 0 Å². The molecule has 0 fully saturated rings. The van der Waals surface area contributed by atoms with E-state index in [1.165, 1.54) is 27.6 Å². The number of aryl methyl sites for hydroxylation is 2. The van der Waals surface area contributed by atoms with Gasteiger partial charge in [-0.2, -0.15) is 0 Å². The lowest BCUT2D eigenvalue weighted by Gasteiger charge is -2.17. The Bertz CT molecular complexity index is 808. The molecule has 0 amide bonds. The highest BCUT2D eigenvalue weighted by Gasteiger charge is 2.16. The molecular weight excluding hydrogens is 344 g/mol. The van der Waals surface area contributed by atoms with Crippen LogP contribution >= 0.6 is 27.5 Å². The zero-order valence-electron chi connectivity index (χ0n) is 12.0. The third kappa shape index (κ3) is 2.73. The molecule has 3 rings (SSSR count). The summed E-state index contributed by atoms with van der Waals surface area (Å²) in [7, 11) is 0. The number of alkyl halides is 1. The summed E-state index contributed by atoms with van der Waals surface area (Å²) in [5, 5.41) is 3.10. The minimum Gasteiger partial charge on any atom is -0.0837 e. The Morgan fingerprint density at radius 3 is 2.24 bits per heavy atom. The molecule has 1 unspecified atom stereocenters. The number of hydrogen-bond acceptors (Lipinski definition) is 0. The van der Waals surface area contributed by atoms with E-state index in [9.17, 15) is 0 Å². The van der Waals surface area contributed by atoms with Gasteiger partial charge in [-0.3, -0.25) is 0 Å². The van der Waals surface area contributed by atoms with Crippen LogP contribution in [0.5, 0.6) is 0 Å². The Labute approximate surface area is 138 Å². The van der Waals surface area contributed by atoms with Crippen LogP contribution in [0.25, 0.3) is 10.8 Å². The van der Waals surface area contributed by atoms with Gasteiger partial charge in [0.05, 0.1) is 4.83 Å². The van der Waals surface area contributed by atoms with Crippen molar-refractivity contribution in [2.45, 2.75) is 18.7 Å². The molecule has 0 N–H and O–H groups in total. The molecular formula is C19H16BrCl. The summed E-state index contributed by atoms with van der Waals surface area (Å²) < 4.78 is 0. The topological polar surface area (TPSA) is 0 Å². The van der Waals surface area contributed by atoms with Crippen molar-refractivity contribution < 1.29 is 0 Å². The lowest BCUT2D eigenvalue weighted by Crippen LogP contribution is -1.97. The number of hydrogen-bond donors (Lipinski definition) is 0. The van der Waals surface area contributed by atoms with E-state index >= 15 is 0 Å². The van der Waals surface area contributed by atoms with Gasteiger partial charge in [-0.1, -0.05) is 81.6 Å². The van der Waals surface area contributed by atoms with Gasteiger partial charge in [-0.25, -0.2) is 0 Å². The average Bonchev–Trinajstić information content (AvgIpc) is 2.47. The van der Waals surface area contributed by atoms with Crippen molar-refractivity contribution in [2.24, 2.45) is 0 Å². The van der Waals surface area contributed by atoms with Gasteiger partial charge in [0.1, 0.15) is 0 Å². The smallest absolute Gasteiger partial charge is 0.0653 e. The number of benzene rings is 3. The third-order valence-corrected chi connectivity index (χ3v) is 5.19. The summed E-state index contributed by atoms with van der Waals surface area (Å²) in [4.78, 5) is 0.167. The molecule has 21 heavy (non-hydrogen) atoms. The molecule has 3 aromatic rings. The van der Waals surface area contributed by atoms with Crippen LogP contribution in [0.3, 0.4) is 0 Å². The molecule has 0 aliphatic carbocycles. The minimum absolute atomic E-state index is 0.167. The van der Waals surface area contributed by atoms with Crippen molar-refractivity contribution >= 4 is 38.3 Å². The molecule has 106 valence electrons. The van der Waals surface area contributed by atoms with Gasteiger partial charge in [-0.05, 0) is 42.0 Å². The predicted molar refractivity (Wildman–Crippen MR) is 95.6 cm³/mol. The highest BCUT2D eigenvalue weighted by Crippen LogP contribution is 2.38. The molecule has 1 atom stereocenters. The summed E-state index contributed by atoms with van der Waals surface area (Å²) in [5.74, 6) is 0. The normalized spacial score (nSPS) is 12.6. The lowest BCUT2D eigenvalue weighted by atomic mass is 9.95. The monoisotopic (exact) mass is 358 g/mol. The Hall–Kier alpha value is -1.31. The van der Waals surface area contributed by atoms with Crippen LogP contribution in [0.1, 0.15) is 27.1 Å². The van der Waals surface area contributed by atoms with Crippen LogP contribution in [-0.4, -0.2) is 0 Å². The molecule has 0 heterocycles. The second-order valence-corrected chi connectivity index (χ2v) is 6.73. The Balaban J connectivity index is 2.18. The van der Waals surface area contributed by atoms with E-state index in [2.05, 4.69) is 72.2 Å². The molecule has 0 saturated heterocycles. The Morgan fingerprint density at radius 1 is 0.857 bits per heavy atom. The van der Waals surface area contributed by atoms with Crippen LogP contribution in [0.4, 0.5) is 0 Å². The first-order chi connectivity index (χ1) is 10.1. The number of fused-ring (bicyclic) bond motifs is 1. The zero-order chi connectivity index (χ0) is 15.0. The molecule has 0 aromatic heterocycles. The standard InChI is InChI=1S/C19H16BrCl/c1-12-7-8-14(13(2)11-12)19(20)17-9-10-18(21)16-6-4-3-5-15(16)17/h3-11,19H,1-2H3. The number of halogens is 2. The highest BCUT2D eigenvalue weighted by atomic mass is 79.9. The van der Waals surface area contributed by atoms with E-state index in [1.807, 2.05) is 12.1 Å². The first kappa shape index (κ1) is 14.6. The summed E-state index contributed by atoms with van der Waals surface area (Å²) >= 11 is 10.2. The molecule has 0 radical (unpaired) electrons. The molecule has 0 nitrogen and oxygen atoms in total. The van der Waals surface area contributed by atoms with E-state index in [0.717, 1.165) is 10.4 Å². The zero-order valence-corrected chi connectivity index (χ0v) is 14.4. The van der Waals surface area contributed by atoms with Crippen LogP contribution in [0.15, 0.2) is 54.6 Å². The van der Waals surface area contributed by atoms with Gasteiger partial charge in [0.15, 0.2) is 0 Å². The van der Waals surface area contributed by atoms with E-state index in [4.69, 9.17) is 11.6 Å². The fraction of sp³-hybridized carbons (Fsp3) is 0.158. The van der Waals surface area contributed by atoms with Crippen LogP contribution in [0, 0.1) is 13.8 Å². The first-order valence-corrected chi connectivity index (χ1v) is 8.25. The molecule has 0 saturated carbocycles. The highest BCUT2D eigenvalue weighted by molar-refractivity contribution is 9.09. The van der Waals surface area contributed by atoms with Gasteiger partial charge in [0, 0.05) is 10.4 Å². The molecule has 2 heteroatoms. The van der Waals surface area contributed by atoms with E-state index in [-0.39, 0.29) is 4.83 Å². The van der Waals surface area contributed by atoms with Crippen LogP contribution in [0.2, 0.25) is 5.02 Å². The maximum absolute atomic E-state index is 6.32. The predicted octanol–water partition coefficient (Wildman–Crippen LogP) is 6.59. The quantitative estimate of drug-likeness (QED) is 0.452. The van der Waals surface area contributed by atoms with Crippen molar-refractivity contribution in [2.75, 3.05) is 0 Å². The fourth-order valence-electron chi connectivity index (χ4n) is 2.78. The van der Waals surface area contributed by atoms with Crippen molar-refractivity contribution in [1.82, 2.24) is 0 Å². The molecule has 0 aliphatic rings. The second kappa shape index (κ2) is 5.82. The van der Waals surface area contributed by atoms with Gasteiger partial charge in [0.2, 0.25) is 0 Å². The summed E-state index contributed by atoms with van der Waals surface area (Å²) in [6, 6.07) is 19.0. The lowest BCUT2D eigenvalue weighted by molar-refractivity contribution is 1.15. The largest absolute Gasteiger partial charge is 0.0837 e. The minimum atomic E-state index is 0.167. The van der Waals surface area contributed by atoms with Gasteiger partial charge >= 0.3 is 0 Å². The van der Waals surface area contributed by atoms with Crippen LogP contribution < -0.4 is 0 Å². The summed E-state index contributed by atoms with van der Waals surface area (Å²) in [6.45, 7) is 4.28. The third-order valence-electron chi connectivity index (χ3n) is 3.88. The fourth-order valence-corrected chi connectivity index (χ4v) is 3.92. The Morgan fingerprint density at radius 2 is 1.52 bits per heavy atom. The van der Waals surface area contributed by atoms with Gasteiger partial charge in [-0.15, -0.1) is 0 Å². The molecule has 0 aliphatic heterocycles. The SMILES string of the molecule is Cc1ccc(C(Br)c2ccc(Cl)c3ccccc23)c(C)c1. The molecule has 0 spiro atoms. The van der Waals surface area contributed by atoms with Crippen molar-refractivity contribution in [3.8, 4) is 0 Å². The number of rotatable bonds is 2. The van der Waals surface area contributed by atoms with Crippen LogP contribution in [-0.2, 0) is 0 Å².